The lowest BCUT2D eigenvalue weighted by molar-refractivity contribution is -0.157. The van der Waals surface area contributed by atoms with E-state index in [1.54, 1.807) is 0 Å². The van der Waals surface area contributed by atoms with E-state index in [9.17, 15) is 19.2 Å². The molecule has 1 atom stereocenters. The van der Waals surface area contributed by atoms with Crippen molar-refractivity contribution in [2.45, 2.75) is 13.0 Å². The lowest BCUT2D eigenvalue weighted by Gasteiger charge is -2.14. The number of carbonyl (C=O) groups excluding carboxylic acids is 3. The molecule has 0 heterocycles. The maximum Gasteiger partial charge on any atom is 0.333 e. The minimum absolute atomic E-state index is 0.0731. The van der Waals surface area contributed by atoms with Crippen LogP contribution in [0, 0.1) is 0 Å². The summed E-state index contributed by atoms with van der Waals surface area (Å²) in [6.45, 7) is 7.41. The standard InChI is InChI=1S/C13H14O7/c1-4-9(14)10(20-13(18)8(2)3)7-19-12(17)6-5-11(15)16/h4-6,10H,1-2,7H2,3H3,(H,15,16)/b6-5-. The Balaban J connectivity index is 4.60. The number of aliphatic carboxylic acids is 1. The molecule has 0 saturated carbocycles. The Kier molecular flexibility index (Phi) is 7.27. The summed E-state index contributed by atoms with van der Waals surface area (Å²) in [5.74, 6) is -3.79. The number of carboxylic acids is 1. The van der Waals surface area contributed by atoms with E-state index < -0.39 is 36.4 Å². The zero-order chi connectivity index (χ0) is 15.7. The van der Waals surface area contributed by atoms with Gasteiger partial charge in [-0.15, -0.1) is 0 Å². The van der Waals surface area contributed by atoms with Crippen molar-refractivity contribution in [2.24, 2.45) is 0 Å². The first-order chi connectivity index (χ1) is 9.27. The summed E-state index contributed by atoms with van der Waals surface area (Å²) in [4.78, 5) is 44.0. The fourth-order valence-electron chi connectivity index (χ4n) is 0.881. The second kappa shape index (κ2) is 8.41. The average molecular weight is 282 g/mol. The number of esters is 2. The molecule has 0 rings (SSSR count). The summed E-state index contributed by atoms with van der Waals surface area (Å²) in [5.41, 5.74) is 0.0731. The van der Waals surface area contributed by atoms with Crippen LogP contribution < -0.4 is 0 Å². The number of carbonyl (C=O) groups is 4. The van der Waals surface area contributed by atoms with Gasteiger partial charge in [0.2, 0.25) is 0 Å². The van der Waals surface area contributed by atoms with Crippen LogP contribution in [0.5, 0.6) is 0 Å². The Labute approximate surface area is 115 Å². The first-order valence-electron chi connectivity index (χ1n) is 5.38. The molecule has 0 aromatic heterocycles. The zero-order valence-corrected chi connectivity index (χ0v) is 10.8. The average Bonchev–Trinajstić information content (AvgIpc) is 2.39. The van der Waals surface area contributed by atoms with Gasteiger partial charge in [0.25, 0.3) is 0 Å². The Morgan fingerprint density at radius 3 is 2.30 bits per heavy atom. The van der Waals surface area contributed by atoms with Gasteiger partial charge in [-0.05, 0) is 13.0 Å². The number of ether oxygens (including phenoxy) is 2. The third-order valence-corrected chi connectivity index (χ3v) is 1.86. The van der Waals surface area contributed by atoms with Crippen LogP contribution in [0.3, 0.4) is 0 Å². The molecule has 20 heavy (non-hydrogen) atoms. The predicted octanol–water partition coefficient (Wildman–Crippen LogP) is 0.413. The molecule has 7 nitrogen and oxygen atoms in total. The van der Waals surface area contributed by atoms with Crippen molar-refractivity contribution in [3.05, 3.63) is 37.0 Å². The smallest absolute Gasteiger partial charge is 0.333 e. The number of ketones is 1. The second-order valence-corrected chi connectivity index (χ2v) is 3.58. The van der Waals surface area contributed by atoms with Gasteiger partial charge in [-0.2, -0.15) is 0 Å². The Bertz CT molecular complexity index is 473. The van der Waals surface area contributed by atoms with Gasteiger partial charge in [-0.3, -0.25) is 4.79 Å². The normalized spacial score (nSPS) is 11.4. The van der Waals surface area contributed by atoms with Crippen molar-refractivity contribution in [3.63, 3.8) is 0 Å². The highest BCUT2D eigenvalue weighted by atomic mass is 16.6. The van der Waals surface area contributed by atoms with Crippen LogP contribution in [-0.4, -0.2) is 41.5 Å². The van der Waals surface area contributed by atoms with E-state index in [1.807, 2.05) is 0 Å². The molecule has 0 saturated heterocycles. The molecule has 0 aromatic carbocycles. The van der Waals surface area contributed by atoms with E-state index in [1.165, 1.54) is 6.92 Å². The molecular formula is C13H14O7. The fourth-order valence-corrected chi connectivity index (χ4v) is 0.881. The topological polar surface area (TPSA) is 107 Å². The second-order valence-electron chi connectivity index (χ2n) is 3.58. The van der Waals surface area contributed by atoms with Crippen molar-refractivity contribution in [2.75, 3.05) is 6.61 Å². The highest BCUT2D eigenvalue weighted by Crippen LogP contribution is 2.02. The van der Waals surface area contributed by atoms with Crippen LogP contribution >= 0.6 is 0 Å². The number of carboxylic acid groups (broad SMARTS) is 1. The van der Waals surface area contributed by atoms with Crippen LogP contribution in [0.15, 0.2) is 37.0 Å². The first-order valence-corrected chi connectivity index (χ1v) is 5.38. The Morgan fingerprint density at radius 2 is 1.85 bits per heavy atom. The van der Waals surface area contributed by atoms with Crippen LogP contribution in [0.25, 0.3) is 0 Å². The van der Waals surface area contributed by atoms with E-state index in [0.717, 1.165) is 6.08 Å². The van der Waals surface area contributed by atoms with E-state index in [-0.39, 0.29) is 5.57 Å². The maximum absolute atomic E-state index is 11.4. The molecule has 0 aliphatic heterocycles. The minimum Gasteiger partial charge on any atom is -0.478 e. The van der Waals surface area contributed by atoms with Crippen molar-refractivity contribution in [3.8, 4) is 0 Å². The largest absolute Gasteiger partial charge is 0.478 e. The number of hydrogen-bond acceptors (Lipinski definition) is 6. The molecule has 108 valence electrons. The monoisotopic (exact) mass is 282 g/mol. The number of rotatable bonds is 8. The van der Waals surface area contributed by atoms with Gasteiger partial charge in [0, 0.05) is 17.7 Å². The Morgan fingerprint density at radius 1 is 1.25 bits per heavy atom. The molecule has 0 amide bonds. The third-order valence-electron chi connectivity index (χ3n) is 1.86. The summed E-state index contributed by atoms with van der Waals surface area (Å²) < 4.78 is 9.36. The van der Waals surface area contributed by atoms with Crippen molar-refractivity contribution >= 4 is 23.7 Å². The van der Waals surface area contributed by atoms with Crippen LogP contribution in [0.2, 0.25) is 0 Å². The van der Waals surface area contributed by atoms with E-state index in [2.05, 4.69) is 17.9 Å². The molecular weight excluding hydrogens is 268 g/mol. The van der Waals surface area contributed by atoms with Gasteiger partial charge in [0.1, 0.15) is 6.61 Å². The minimum atomic E-state index is -1.35. The molecule has 1 N–H and O–H groups in total. The zero-order valence-electron chi connectivity index (χ0n) is 10.8. The van der Waals surface area contributed by atoms with Crippen LogP contribution in [0.1, 0.15) is 6.92 Å². The van der Waals surface area contributed by atoms with E-state index >= 15 is 0 Å². The predicted molar refractivity (Wildman–Crippen MR) is 67.6 cm³/mol. The van der Waals surface area contributed by atoms with Gasteiger partial charge in [0.05, 0.1) is 0 Å². The van der Waals surface area contributed by atoms with Gasteiger partial charge in [0.15, 0.2) is 11.9 Å². The quantitative estimate of drug-likeness (QED) is 0.507. The van der Waals surface area contributed by atoms with Crippen molar-refractivity contribution in [1.82, 2.24) is 0 Å². The number of hydrogen-bond donors (Lipinski definition) is 1. The lowest BCUT2D eigenvalue weighted by Crippen LogP contribution is -2.31. The van der Waals surface area contributed by atoms with Gasteiger partial charge >= 0.3 is 17.9 Å². The molecule has 0 aliphatic rings. The van der Waals surface area contributed by atoms with Gasteiger partial charge in [-0.1, -0.05) is 13.2 Å². The lowest BCUT2D eigenvalue weighted by atomic mass is 10.2. The van der Waals surface area contributed by atoms with E-state index in [4.69, 9.17) is 9.84 Å². The molecule has 0 fully saturated rings. The molecule has 0 bridgehead atoms. The van der Waals surface area contributed by atoms with Crippen molar-refractivity contribution in [1.29, 1.82) is 0 Å². The molecule has 0 spiro atoms. The first kappa shape index (κ1) is 17.3. The summed E-state index contributed by atoms with van der Waals surface area (Å²) in [7, 11) is 0. The summed E-state index contributed by atoms with van der Waals surface area (Å²) >= 11 is 0. The highest BCUT2D eigenvalue weighted by molar-refractivity contribution is 5.97. The highest BCUT2D eigenvalue weighted by Gasteiger charge is 2.22. The molecule has 0 aliphatic carbocycles. The molecule has 0 aromatic rings. The van der Waals surface area contributed by atoms with E-state index in [0.29, 0.717) is 12.2 Å². The molecule has 0 radical (unpaired) electrons. The SMILES string of the molecule is C=CC(=O)C(COC(=O)/C=C\C(=O)O)OC(=O)C(=C)C. The van der Waals surface area contributed by atoms with Gasteiger partial charge < -0.3 is 14.6 Å². The summed E-state index contributed by atoms with van der Waals surface area (Å²) in [5, 5.41) is 8.31. The fraction of sp³-hybridized carbons (Fsp3) is 0.231. The summed E-state index contributed by atoms with van der Waals surface area (Å²) in [6, 6.07) is 0. The maximum atomic E-state index is 11.4. The Hall–Kier alpha value is -2.70. The van der Waals surface area contributed by atoms with Crippen molar-refractivity contribution < 1.29 is 33.8 Å². The third kappa shape index (κ3) is 6.90. The summed E-state index contributed by atoms with van der Waals surface area (Å²) in [6.07, 6.45) is 0.807. The van der Waals surface area contributed by atoms with Gasteiger partial charge in [-0.25, -0.2) is 14.4 Å². The molecule has 1 unspecified atom stereocenters. The van der Waals surface area contributed by atoms with Crippen LogP contribution in [0.4, 0.5) is 0 Å². The molecule has 7 heteroatoms. The van der Waals surface area contributed by atoms with Crippen LogP contribution in [-0.2, 0) is 28.7 Å².